The highest BCUT2D eigenvalue weighted by Gasteiger charge is 2.24. The highest BCUT2D eigenvalue weighted by Crippen LogP contribution is 2.40. The van der Waals surface area contributed by atoms with Crippen LogP contribution in [0.4, 0.5) is 0 Å². The standard InChI is InChI=1S/C36H27N3S/c1-36(2,3)35-38-37-34-29-11-5-4-9-26(29)30-21-24(19-20-31(30)39(34)35)22-15-17-23(18-16-22)25-12-8-13-28-27-10-6-7-14-32(27)40-33(25)28/h4-21H,1-3H3. The SMILES string of the molecule is CC(C)(C)c1nnc2c3ccccc3c3cc(-c4ccc(-c5cccc6c5sc5ccccc56)cc4)ccc3n12. The molecule has 8 rings (SSSR count). The van der Waals surface area contributed by atoms with Crippen molar-refractivity contribution in [2.45, 2.75) is 26.2 Å². The molecule has 0 bridgehead atoms. The quantitative estimate of drug-likeness (QED) is 0.207. The molecule has 3 nitrogen and oxygen atoms in total. The summed E-state index contributed by atoms with van der Waals surface area (Å²) in [6.45, 7) is 6.58. The number of benzene rings is 5. The number of fused-ring (bicyclic) bond motifs is 9. The summed E-state index contributed by atoms with van der Waals surface area (Å²) in [5, 5.41) is 15.5. The number of nitrogens with zero attached hydrogens (tertiary/aromatic N) is 3. The molecule has 5 aromatic carbocycles. The van der Waals surface area contributed by atoms with Crippen molar-refractivity contribution in [3.05, 3.63) is 115 Å². The summed E-state index contributed by atoms with van der Waals surface area (Å²) in [5.74, 6) is 0.978. The third kappa shape index (κ3) is 3.42. The Morgan fingerprint density at radius 3 is 2.05 bits per heavy atom. The molecule has 0 saturated carbocycles. The first-order valence-electron chi connectivity index (χ1n) is 13.7. The van der Waals surface area contributed by atoms with Crippen LogP contribution in [0, 0.1) is 0 Å². The molecule has 0 saturated heterocycles. The second kappa shape index (κ2) is 8.48. The second-order valence-corrected chi connectivity index (χ2v) is 12.6. The van der Waals surface area contributed by atoms with Gasteiger partial charge in [-0.1, -0.05) is 112 Å². The second-order valence-electron chi connectivity index (χ2n) is 11.6. The van der Waals surface area contributed by atoms with Gasteiger partial charge in [-0.15, -0.1) is 21.5 Å². The van der Waals surface area contributed by atoms with E-state index in [1.807, 2.05) is 11.3 Å². The Hall–Kier alpha value is -4.54. The Balaban J connectivity index is 1.28. The number of hydrogen-bond acceptors (Lipinski definition) is 3. The van der Waals surface area contributed by atoms with Gasteiger partial charge in [0.2, 0.25) is 0 Å². The fourth-order valence-electron chi connectivity index (χ4n) is 6.03. The Morgan fingerprint density at radius 1 is 0.575 bits per heavy atom. The molecule has 0 atom stereocenters. The van der Waals surface area contributed by atoms with Crippen LogP contribution in [0.1, 0.15) is 26.6 Å². The minimum atomic E-state index is -0.124. The topological polar surface area (TPSA) is 30.2 Å². The Labute approximate surface area is 236 Å². The van der Waals surface area contributed by atoms with Gasteiger partial charge in [0.25, 0.3) is 0 Å². The molecule has 40 heavy (non-hydrogen) atoms. The average Bonchev–Trinajstić information content (AvgIpc) is 3.60. The molecular formula is C36H27N3S. The maximum Gasteiger partial charge on any atom is 0.169 e. The van der Waals surface area contributed by atoms with E-state index in [1.54, 1.807) is 0 Å². The number of thiophene rings is 1. The predicted molar refractivity (Wildman–Crippen MR) is 170 cm³/mol. The van der Waals surface area contributed by atoms with Gasteiger partial charge in [-0.2, -0.15) is 0 Å². The van der Waals surface area contributed by atoms with Crippen LogP contribution in [-0.2, 0) is 5.41 Å². The summed E-state index contributed by atoms with van der Waals surface area (Å²) in [4.78, 5) is 0. The maximum absolute atomic E-state index is 4.64. The van der Waals surface area contributed by atoms with Crippen molar-refractivity contribution in [2.75, 3.05) is 0 Å². The molecule has 4 heteroatoms. The largest absolute Gasteiger partial charge is 0.278 e. The molecule has 0 radical (unpaired) electrons. The molecule has 8 aromatic rings. The van der Waals surface area contributed by atoms with E-state index in [0.717, 1.165) is 22.4 Å². The molecule has 0 aliphatic carbocycles. The molecule has 0 aliphatic heterocycles. The summed E-state index contributed by atoms with van der Waals surface area (Å²) in [7, 11) is 0. The smallest absolute Gasteiger partial charge is 0.169 e. The minimum Gasteiger partial charge on any atom is -0.278 e. The molecular weight excluding hydrogens is 506 g/mol. The van der Waals surface area contributed by atoms with Crippen molar-refractivity contribution in [1.29, 1.82) is 0 Å². The van der Waals surface area contributed by atoms with Crippen LogP contribution in [0.2, 0.25) is 0 Å². The Bertz CT molecular complexity index is 2250. The number of rotatable bonds is 2. The van der Waals surface area contributed by atoms with E-state index in [0.29, 0.717) is 0 Å². The van der Waals surface area contributed by atoms with Crippen LogP contribution >= 0.6 is 11.3 Å². The summed E-state index contributed by atoms with van der Waals surface area (Å²) in [5.41, 5.74) is 6.88. The zero-order valence-corrected chi connectivity index (χ0v) is 23.5. The van der Waals surface area contributed by atoms with Crippen molar-refractivity contribution in [3.8, 4) is 22.3 Å². The van der Waals surface area contributed by atoms with Gasteiger partial charge in [-0.25, -0.2) is 0 Å². The minimum absolute atomic E-state index is 0.124. The van der Waals surface area contributed by atoms with E-state index in [-0.39, 0.29) is 5.41 Å². The third-order valence-electron chi connectivity index (χ3n) is 7.96. The molecule has 0 N–H and O–H groups in total. The lowest BCUT2D eigenvalue weighted by atomic mass is 9.94. The van der Waals surface area contributed by atoms with E-state index in [1.165, 1.54) is 53.2 Å². The fraction of sp³-hybridized carbons (Fsp3) is 0.111. The predicted octanol–water partition coefficient (Wildman–Crippen LogP) is 10.0. The molecule has 3 heterocycles. The molecule has 3 aromatic heterocycles. The lowest BCUT2D eigenvalue weighted by Crippen LogP contribution is -2.16. The van der Waals surface area contributed by atoms with E-state index in [9.17, 15) is 0 Å². The third-order valence-corrected chi connectivity index (χ3v) is 9.18. The van der Waals surface area contributed by atoms with Gasteiger partial charge in [-0.05, 0) is 45.8 Å². The van der Waals surface area contributed by atoms with E-state index in [4.69, 9.17) is 0 Å². The first kappa shape index (κ1) is 23.4. The number of aromatic nitrogens is 3. The summed E-state index contributed by atoms with van der Waals surface area (Å²) >= 11 is 1.88. The van der Waals surface area contributed by atoms with Crippen LogP contribution in [-0.4, -0.2) is 14.6 Å². The van der Waals surface area contributed by atoms with Gasteiger partial charge >= 0.3 is 0 Å². The lowest BCUT2D eigenvalue weighted by molar-refractivity contribution is 0.541. The Morgan fingerprint density at radius 2 is 1.25 bits per heavy atom. The zero-order chi connectivity index (χ0) is 27.0. The van der Waals surface area contributed by atoms with Crippen molar-refractivity contribution < 1.29 is 0 Å². The van der Waals surface area contributed by atoms with Crippen molar-refractivity contribution >= 4 is 58.8 Å². The highest BCUT2D eigenvalue weighted by molar-refractivity contribution is 7.26. The van der Waals surface area contributed by atoms with Crippen molar-refractivity contribution in [1.82, 2.24) is 14.6 Å². The highest BCUT2D eigenvalue weighted by atomic mass is 32.1. The average molecular weight is 534 g/mol. The van der Waals surface area contributed by atoms with Crippen LogP contribution in [0.5, 0.6) is 0 Å². The number of pyridine rings is 1. The van der Waals surface area contributed by atoms with Gasteiger partial charge in [0.05, 0.1) is 5.52 Å². The molecule has 0 unspecified atom stereocenters. The normalized spacial score (nSPS) is 12.4. The fourth-order valence-corrected chi connectivity index (χ4v) is 7.27. The van der Waals surface area contributed by atoms with Gasteiger partial charge in [0.15, 0.2) is 5.65 Å². The van der Waals surface area contributed by atoms with Gasteiger partial charge in [0.1, 0.15) is 5.82 Å². The Kier molecular flexibility index (Phi) is 4.95. The molecule has 0 spiro atoms. The molecule has 0 fully saturated rings. The van der Waals surface area contributed by atoms with Crippen molar-refractivity contribution in [2.24, 2.45) is 0 Å². The first-order valence-corrected chi connectivity index (χ1v) is 14.5. The number of hydrogen-bond donors (Lipinski definition) is 0. The summed E-state index contributed by atoms with van der Waals surface area (Å²) in [6.07, 6.45) is 0. The van der Waals surface area contributed by atoms with Crippen LogP contribution in [0.15, 0.2) is 109 Å². The van der Waals surface area contributed by atoms with Gasteiger partial charge < -0.3 is 0 Å². The van der Waals surface area contributed by atoms with Crippen molar-refractivity contribution in [3.63, 3.8) is 0 Å². The summed E-state index contributed by atoms with van der Waals surface area (Å²) in [6, 6.07) is 39.7. The van der Waals surface area contributed by atoms with E-state index in [2.05, 4.69) is 145 Å². The monoisotopic (exact) mass is 533 g/mol. The van der Waals surface area contributed by atoms with E-state index >= 15 is 0 Å². The molecule has 0 amide bonds. The van der Waals surface area contributed by atoms with E-state index < -0.39 is 0 Å². The molecule has 0 aliphatic rings. The van der Waals surface area contributed by atoms with Gasteiger partial charge in [0, 0.05) is 36.4 Å². The zero-order valence-electron chi connectivity index (χ0n) is 22.6. The molecule has 192 valence electrons. The first-order chi connectivity index (χ1) is 19.5. The van der Waals surface area contributed by atoms with Crippen LogP contribution in [0.25, 0.3) is 69.7 Å². The van der Waals surface area contributed by atoms with Crippen LogP contribution < -0.4 is 0 Å². The maximum atomic E-state index is 4.64. The summed E-state index contributed by atoms with van der Waals surface area (Å²) < 4.78 is 4.93. The van der Waals surface area contributed by atoms with Crippen LogP contribution in [0.3, 0.4) is 0 Å². The lowest BCUT2D eigenvalue weighted by Gasteiger charge is -2.18. The van der Waals surface area contributed by atoms with Gasteiger partial charge in [-0.3, -0.25) is 4.40 Å².